The summed E-state index contributed by atoms with van der Waals surface area (Å²) in [5, 5.41) is 2.41. The molecule has 58 heavy (non-hydrogen) atoms. The summed E-state index contributed by atoms with van der Waals surface area (Å²) >= 11 is 0. The molecule has 0 N–H and O–H groups in total. The molecule has 1 aliphatic rings. The number of benzene rings is 8. The molecule has 0 saturated carbocycles. The van der Waals surface area contributed by atoms with Crippen molar-refractivity contribution < 1.29 is 0 Å². The number of fused-ring (bicyclic) bond motifs is 6. The van der Waals surface area contributed by atoms with E-state index in [0.29, 0.717) is 17.5 Å². The number of nitrogens with zero attached hydrogens (tertiary/aromatic N) is 4. The van der Waals surface area contributed by atoms with E-state index < -0.39 is 0 Å². The summed E-state index contributed by atoms with van der Waals surface area (Å²) in [6.45, 7) is 4.61. The van der Waals surface area contributed by atoms with E-state index in [2.05, 4.69) is 194 Å². The molecule has 0 unspecified atom stereocenters. The van der Waals surface area contributed by atoms with Crippen LogP contribution >= 0.6 is 0 Å². The van der Waals surface area contributed by atoms with Crippen molar-refractivity contribution in [2.24, 2.45) is 0 Å². The van der Waals surface area contributed by atoms with Crippen LogP contribution in [0.4, 0.5) is 0 Å². The van der Waals surface area contributed by atoms with Crippen LogP contribution in [0.3, 0.4) is 0 Å². The summed E-state index contributed by atoms with van der Waals surface area (Å²) in [5.74, 6) is 1.94. The maximum atomic E-state index is 5.23. The average molecular weight is 743 g/mol. The van der Waals surface area contributed by atoms with Crippen molar-refractivity contribution in [3.63, 3.8) is 0 Å². The summed E-state index contributed by atoms with van der Waals surface area (Å²) < 4.78 is 2.38. The maximum absolute atomic E-state index is 5.23. The highest BCUT2D eigenvalue weighted by Crippen LogP contribution is 2.49. The van der Waals surface area contributed by atoms with Gasteiger partial charge in [-0.05, 0) is 87.0 Å². The molecule has 0 aliphatic heterocycles. The van der Waals surface area contributed by atoms with Gasteiger partial charge >= 0.3 is 0 Å². The zero-order valence-corrected chi connectivity index (χ0v) is 32.3. The van der Waals surface area contributed by atoms with E-state index in [9.17, 15) is 0 Å². The molecule has 0 atom stereocenters. The normalized spacial score (nSPS) is 12.8. The van der Waals surface area contributed by atoms with Crippen molar-refractivity contribution in [3.8, 4) is 73.2 Å². The van der Waals surface area contributed by atoms with Crippen molar-refractivity contribution in [2.75, 3.05) is 0 Å². The number of aromatic nitrogens is 4. The fraction of sp³-hybridized carbons (Fsp3) is 0.0556. The molecular weight excluding hydrogens is 705 g/mol. The minimum absolute atomic E-state index is 0.138. The lowest BCUT2D eigenvalue weighted by molar-refractivity contribution is 0.660. The van der Waals surface area contributed by atoms with E-state index in [-0.39, 0.29) is 5.41 Å². The van der Waals surface area contributed by atoms with E-state index in [1.54, 1.807) is 0 Å². The highest BCUT2D eigenvalue weighted by molar-refractivity contribution is 6.16. The topological polar surface area (TPSA) is 43.6 Å². The molecule has 1 aliphatic carbocycles. The number of rotatable bonds is 6. The second-order valence-corrected chi connectivity index (χ2v) is 15.7. The average Bonchev–Trinajstić information content (AvgIpc) is 3.75. The largest absolute Gasteiger partial charge is 0.309 e. The molecule has 274 valence electrons. The zero-order valence-electron chi connectivity index (χ0n) is 32.3. The Labute approximate surface area is 337 Å². The molecule has 11 rings (SSSR count). The summed E-state index contributed by atoms with van der Waals surface area (Å²) in [6.07, 6.45) is 0. The Kier molecular flexibility index (Phi) is 7.80. The van der Waals surface area contributed by atoms with Crippen LogP contribution in [-0.2, 0) is 5.41 Å². The molecular formula is C54H38N4. The minimum atomic E-state index is -0.138. The van der Waals surface area contributed by atoms with Gasteiger partial charge in [-0.15, -0.1) is 0 Å². The van der Waals surface area contributed by atoms with Gasteiger partial charge < -0.3 is 4.57 Å². The van der Waals surface area contributed by atoms with E-state index in [1.165, 1.54) is 49.7 Å². The van der Waals surface area contributed by atoms with Gasteiger partial charge in [0.2, 0.25) is 0 Å². The van der Waals surface area contributed by atoms with E-state index in [1.807, 2.05) is 18.2 Å². The molecule has 0 amide bonds. The third-order valence-electron chi connectivity index (χ3n) is 11.9. The predicted octanol–water partition coefficient (Wildman–Crippen LogP) is 13.6. The summed E-state index contributed by atoms with van der Waals surface area (Å²) in [6, 6.07) is 69.1. The lowest BCUT2D eigenvalue weighted by atomic mass is 9.82. The molecule has 0 radical (unpaired) electrons. The Morgan fingerprint density at radius 2 is 0.914 bits per heavy atom. The van der Waals surface area contributed by atoms with Crippen LogP contribution < -0.4 is 0 Å². The van der Waals surface area contributed by atoms with Crippen LogP contribution in [0.5, 0.6) is 0 Å². The highest BCUT2D eigenvalue weighted by Gasteiger charge is 2.35. The van der Waals surface area contributed by atoms with Crippen molar-refractivity contribution >= 4 is 21.8 Å². The van der Waals surface area contributed by atoms with Gasteiger partial charge in [0, 0.05) is 38.6 Å². The Bertz CT molecular complexity index is 3180. The fourth-order valence-electron chi connectivity index (χ4n) is 9.00. The minimum Gasteiger partial charge on any atom is -0.309 e. The molecule has 0 bridgehead atoms. The van der Waals surface area contributed by atoms with Crippen molar-refractivity contribution in [2.45, 2.75) is 19.3 Å². The molecule has 10 aromatic rings. The van der Waals surface area contributed by atoms with Gasteiger partial charge in [-0.25, -0.2) is 15.0 Å². The lowest BCUT2D eigenvalue weighted by Crippen LogP contribution is -2.15. The van der Waals surface area contributed by atoms with Gasteiger partial charge in [0.05, 0.1) is 11.0 Å². The van der Waals surface area contributed by atoms with Crippen LogP contribution in [-0.4, -0.2) is 19.5 Å². The van der Waals surface area contributed by atoms with Gasteiger partial charge in [0.15, 0.2) is 17.5 Å². The number of hydrogen-bond acceptors (Lipinski definition) is 3. The Morgan fingerprint density at radius 3 is 1.67 bits per heavy atom. The van der Waals surface area contributed by atoms with Gasteiger partial charge in [0.1, 0.15) is 0 Å². The molecule has 0 fully saturated rings. The van der Waals surface area contributed by atoms with Gasteiger partial charge in [-0.1, -0.05) is 166 Å². The smallest absolute Gasteiger partial charge is 0.164 e. The first-order valence-electron chi connectivity index (χ1n) is 19.9. The molecule has 8 aromatic carbocycles. The Hall–Kier alpha value is -7.43. The maximum Gasteiger partial charge on any atom is 0.164 e. The van der Waals surface area contributed by atoms with E-state index in [4.69, 9.17) is 15.0 Å². The molecule has 2 heterocycles. The van der Waals surface area contributed by atoms with Crippen LogP contribution in [0.25, 0.3) is 95.0 Å². The predicted molar refractivity (Wildman–Crippen MR) is 239 cm³/mol. The molecule has 4 nitrogen and oxygen atoms in total. The fourth-order valence-corrected chi connectivity index (χ4v) is 9.00. The van der Waals surface area contributed by atoms with Crippen molar-refractivity contribution in [1.82, 2.24) is 19.5 Å². The SMILES string of the molecule is CC1(C)c2ccccc2-c2ccc(-c3nc(-c4ccccc4)nc(-c4cccc(-c5cccc6c5c5cc(-c7ccccc7)ccc5n6-c5ccccc5)c4)n3)cc21. The standard InChI is InChI=1S/C54H38N4/c1-54(2)46-26-13-12-24-43(46)44-30-28-40(34-47(44)54)53-56-51(36-18-8-4-9-19-36)55-52(57-53)39-21-14-20-38(32-39)42-25-15-27-49-50(42)45-33-37(35-16-6-3-7-17-35)29-31-48(45)58(49)41-22-10-5-11-23-41/h3-34H,1-2H3. The van der Waals surface area contributed by atoms with Crippen LogP contribution in [0.2, 0.25) is 0 Å². The first kappa shape index (κ1) is 33.9. The molecule has 0 spiro atoms. The molecule has 4 heteroatoms. The summed E-state index contributed by atoms with van der Waals surface area (Å²) in [5.41, 5.74) is 16.0. The van der Waals surface area contributed by atoms with Gasteiger partial charge in [-0.2, -0.15) is 0 Å². The highest BCUT2D eigenvalue weighted by atomic mass is 15.0. The first-order chi connectivity index (χ1) is 28.5. The van der Waals surface area contributed by atoms with Crippen molar-refractivity contribution in [1.29, 1.82) is 0 Å². The first-order valence-corrected chi connectivity index (χ1v) is 19.9. The third kappa shape index (κ3) is 5.48. The van der Waals surface area contributed by atoms with E-state index in [0.717, 1.165) is 39.0 Å². The van der Waals surface area contributed by atoms with Crippen LogP contribution in [0, 0.1) is 0 Å². The number of hydrogen-bond donors (Lipinski definition) is 0. The summed E-state index contributed by atoms with van der Waals surface area (Å²) in [7, 11) is 0. The van der Waals surface area contributed by atoms with Crippen LogP contribution in [0.1, 0.15) is 25.0 Å². The van der Waals surface area contributed by atoms with Crippen LogP contribution in [0.15, 0.2) is 194 Å². The van der Waals surface area contributed by atoms with Gasteiger partial charge in [-0.3, -0.25) is 0 Å². The Balaban J connectivity index is 1.09. The summed E-state index contributed by atoms with van der Waals surface area (Å²) in [4.78, 5) is 15.5. The molecule has 2 aromatic heterocycles. The lowest BCUT2D eigenvalue weighted by Gasteiger charge is -2.21. The molecule has 0 saturated heterocycles. The Morgan fingerprint density at radius 1 is 0.362 bits per heavy atom. The van der Waals surface area contributed by atoms with E-state index >= 15 is 0 Å². The monoisotopic (exact) mass is 742 g/mol. The third-order valence-corrected chi connectivity index (χ3v) is 11.9. The van der Waals surface area contributed by atoms with Gasteiger partial charge in [0.25, 0.3) is 0 Å². The number of para-hydroxylation sites is 1. The zero-order chi connectivity index (χ0) is 38.8. The quantitative estimate of drug-likeness (QED) is 0.170. The van der Waals surface area contributed by atoms with Crippen molar-refractivity contribution in [3.05, 3.63) is 205 Å². The second kappa shape index (κ2) is 13.4. The second-order valence-electron chi connectivity index (χ2n) is 15.7.